The number of halogens is 3. The summed E-state index contributed by atoms with van der Waals surface area (Å²) in [7, 11) is 0. The average Bonchev–Trinajstić information content (AvgIpc) is 2.48. The Kier molecular flexibility index (Phi) is 9.13. The number of rotatable bonds is 7. The highest BCUT2D eigenvalue weighted by atomic mass is 35.6. The van der Waals surface area contributed by atoms with Gasteiger partial charge in [-0.25, -0.2) is 0 Å². The smallest absolute Gasteiger partial charge is 0.228 e. The minimum absolute atomic E-state index is 0.189. The lowest BCUT2D eigenvalue weighted by Gasteiger charge is -2.28. The Balaban J connectivity index is 2.64. The van der Waals surface area contributed by atoms with E-state index in [9.17, 15) is 4.79 Å². The van der Waals surface area contributed by atoms with Crippen molar-refractivity contribution in [3.05, 3.63) is 29.8 Å². The molecule has 0 saturated heterocycles. The van der Waals surface area contributed by atoms with Crippen LogP contribution in [0.1, 0.15) is 38.2 Å². The normalized spacial score (nSPS) is 12.4. The second kappa shape index (κ2) is 10.3. The number of carbonyl (C=O) groups excluding carboxylic acids is 1. The molecule has 0 spiro atoms. The van der Waals surface area contributed by atoms with Gasteiger partial charge < -0.3 is 16.0 Å². The zero-order valence-corrected chi connectivity index (χ0v) is 16.7. The lowest BCUT2D eigenvalue weighted by molar-refractivity contribution is -0.122. The van der Waals surface area contributed by atoms with E-state index in [-0.39, 0.29) is 11.0 Å². The van der Waals surface area contributed by atoms with Crippen LogP contribution in [0.5, 0.6) is 0 Å². The molecule has 0 heterocycles. The standard InChI is InChI=1S/C16H22Cl3N3OS/c1-3-4-5-10-13(23)21-14(16(17,18)19)22-15(24)20-12-9-7-6-8-11(12)2/h6-9,14H,3-5,10H2,1-2H3,(H,21,23)(H2,20,22,24)/t14-/m1/s1. The summed E-state index contributed by atoms with van der Waals surface area (Å²) < 4.78 is -1.74. The maximum Gasteiger partial charge on any atom is 0.228 e. The van der Waals surface area contributed by atoms with E-state index >= 15 is 0 Å². The average molecular weight is 411 g/mol. The Morgan fingerprint density at radius 2 is 1.88 bits per heavy atom. The van der Waals surface area contributed by atoms with Gasteiger partial charge in [-0.1, -0.05) is 72.8 Å². The van der Waals surface area contributed by atoms with Crippen molar-refractivity contribution < 1.29 is 4.79 Å². The van der Waals surface area contributed by atoms with E-state index in [4.69, 9.17) is 47.0 Å². The summed E-state index contributed by atoms with van der Waals surface area (Å²) in [5.74, 6) is -0.189. The number of nitrogens with one attached hydrogen (secondary N) is 3. The van der Waals surface area contributed by atoms with Crippen LogP contribution >= 0.6 is 47.0 Å². The van der Waals surface area contributed by atoms with Crippen LogP contribution in [0.3, 0.4) is 0 Å². The molecule has 0 bridgehead atoms. The minimum Gasteiger partial charge on any atom is -0.339 e. The summed E-state index contributed by atoms with van der Waals surface area (Å²) >= 11 is 23.1. The molecule has 0 aliphatic rings. The van der Waals surface area contributed by atoms with Gasteiger partial charge in [0.1, 0.15) is 6.17 Å². The molecule has 1 aromatic rings. The Morgan fingerprint density at radius 3 is 2.46 bits per heavy atom. The van der Waals surface area contributed by atoms with Crippen LogP contribution in [-0.4, -0.2) is 21.0 Å². The van der Waals surface area contributed by atoms with E-state index in [1.54, 1.807) is 0 Å². The summed E-state index contributed by atoms with van der Waals surface area (Å²) in [4.78, 5) is 12.0. The molecule has 24 heavy (non-hydrogen) atoms. The first-order valence-corrected chi connectivity index (χ1v) is 9.27. The first-order valence-electron chi connectivity index (χ1n) is 7.73. The highest BCUT2D eigenvalue weighted by Crippen LogP contribution is 2.29. The zero-order chi connectivity index (χ0) is 18.2. The molecule has 1 atom stereocenters. The third-order valence-electron chi connectivity index (χ3n) is 3.31. The van der Waals surface area contributed by atoms with Crippen LogP contribution < -0.4 is 16.0 Å². The van der Waals surface area contributed by atoms with Gasteiger partial charge in [0.25, 0.3) is 0 Å². The van der Waals surface area contributed by atoms with Crippen molar-refractivity contribution >= 4 is 63.7 Å². The number of benzene rings is 1. The van der Waals surface area contributed by atoms with Gasteiger partial charge in [-0.15, -0.1) is 0 Å². The number of alkyl halides is 3. The number of para-hydroxylation sites is 1. The highest BCUT2D eigenvalue weighted by molar-refractivity contribution is 7.80. The summed E-state index contributed by atoms with van der Waals surface area (Å²) in [5, 5.41) is 8.81. The maximum absolute atomic E-state index is 12.0. The van der Waals surface area contributed by atoms with Crippen LogP contribution in [0.4, 0.5) is 5.69 Å². The van der Waals surface area contributed by atoms with Gasteiger partial charge in [0, 0.05) is 12.1 Å². The number of unbranched alkanes of at least 4 members (excludes halogenated alkanes) is 2. The van der Waals surface area contributed by atoms with Crippen molar-refractivity contribution in [3.8, 4) is 0 Å². The summed E-state index contributed by atoms with van der Waals surface area (Å²) in [6, 6.07) is 7.65. The first kappa shape index (κ1) is 21.3. The summed E-state index contributed by atoms with van der Waals surface area (Å²) in [6.45, 7) is 4.02. The molecule has 1 rings (SSSR count). The molecule has 8 heteroatoms. The number of anilines is 1. The summed E-state index contributed by atoms with van der Waals surface area (Å²) in [5.41, 5.74) is 1.86. The quantitative estimate of drug-likeness (QED) is 0.264. The molecule has 0 aliphatic carbocycles. The van der Waals surface area contributed by atoms with Gasteiger partial charge in [0.2, 0.25) is 9.70 Å². The molecular formula is C16H22Cl3N3OS. The van der Waals surface area contributed by atoms with Crippen molar-refractivity contribution in [2.45, 2.75) is 49.5 Å². The number of aryl methyl sites for hydroxylation is 1. The fourth-order valence-electron chi connectivity index (χ4n) is 1.97. The molecule has 1 aromatic carbocycles. The Labute approximate surface area is 163 Å². The van der Waals surface area contributed by atoms with E-state index in [0.29, 0.717) is 6.42 Å². The lowest BCUT2D eigenvalue weighted by atomic mass is 10.2. The van der Waals surface area contributed by atoms with Crippen LogP contribution in [-0.2, 0) is 4.79 Å². The van der Waals surface area contributed by atoms with Gasteiger partial charge in [0.15, 0.2) is 5.11 Å². The fraction of sp³-hybridized carbons (Fsp3) is 0.500. The van der Waals surface area contributed by atoms with E-state index < -0.39 is 9.96 Å². The zero-order valence-electron chi connectivity index (χ0n) is 13.7. The Hall–Kier alpha value is -0.750. The maximum atomic E-state index is 12.0. The van der Waals surface area contributed by atoms with Crippen LogP contribution in [0.15, 0.2) is 24.3 Å². The minimum atomic E-state index is -1.74. The van der Waals surface area contributed by atoms with Gasteiger partial charge in [-0.05, 0) is 37.2 Å². The van der Waals surface area contributed by atoms with Crippen LogP contribution in [0.2, 0.25) is 0 Å². The molecule has 0 fully saturated rings. The van der Waals surface area contributed by atoms with Crippen molar-refractivity contribution in [2.24, 2.45) is 0 Å². The van der Waals surface area contributed by atoms with E-state index in [0.717, 1.165) is 30.5 Å². The molecular weight excluding hydrogens is 389 g/mol. The second-order valence-electron chi connectivity index (χ2n) is 5.41. The van der Waals surface area contributed by atoms with E-state index in [2.05, 4.69) is 22.9 Å². The lowest BCUT2D eigenvalue weighted by Crippen LogP contribution is -2.56. The number of hydrogen-bond donors (Lipinski definition) is 3. The third-order valence-corrected chi connectivity index (χ3v) is 4.18. The number of carbonyl (C=O) groups is 1. The van der Waals surface area contributed by atoms with Crippen molar-refractivity contribution in [3.63, 3.8) is 0 Å². The Bertz CT molecular complexity index is 564. The molecule has 0 unspecified atom stereocenters. The monoisotopic (exact) mass is 409 g/mol. The Morgan fingerprint density at radius 1 is 1.21 bits per heavy atom. The second-order valence-corrected chi connectivity index (χ2v) is 8.19. The molecule has 3 N–H and O–H groups in total. The number of hydrogen-bond acceptors (Lipinski definition) is 2. The van der Waals surface area contributed by atoms with Gasteiger partial charge >= 0.3 is 0 Å². The molecule has 0 radical (unpaired) electrons. The molecule has 134 valence electrons. The predicted octanol–water partition coefficient (Wildman–Crippen LogP) is 4.67. The largest absolute Gasteiger partial charge is 0.339 e. The first-order chi connectivity index (χ1) is 11.2. The third kappa shape index (κ3) is 7.88. The van der Waals surface area contributed by atoms with Crippen molar-refractivity contribution in [1.82, 2.24) is 10.6 Å². The van der Waals surface area contributed by atoms with Crippen LogP contribution in [0.25, 0.3) is 0 Å². The topological polar surface area (TPSA) is 53.2 Å². The van der Waals surface area contributed by atoms with Gasteiger partial charge in [0.05, 0.1) is 0 Å². The fourth-order valence-corrected chi connectivity index (χ4v) is 2.53. The molecule has 0 aromatic heterocycles. The van der Waals surface area contributed by atoms with Gasteiger partial charge in [-0.2, -0.15) is 0 Å². The summed E-state index contributed by atoms with van der Waals surface area (Å²) in [6.07, 6.45) is 2.25. The molecule has 0 aliphatic heterocycles. The molecule has 0 saturated carbocycles. The van der Waals surface area contributed by atoms with Gasteiger partial charge in [-0.3, -0.25) is 4.79 Å². The SMILES string of the molecule is CCCCCC(=O)N[C@H](NC(=S)Nc1ccccc1C)C(Cl)(Cl)Cl. The van der Waals surface area contributed by atoms with E-state index in [1.165, 1.54) is 0 Å². The molecule has 4 nitrogen and oxygen atoms in total. The molecule has 1 amide bonds. The van der Waals surface area contributed by atoms with Crippen molar-refractivity contribution in [1.29, 1.82) is 0 Å². The predicted molar refractivity (Wildman–Crippen MR) is 107 cm³/mol. The number of thiocarbonyl (C=S) groups is 1. The van der Waals surface area contributed by atoms with E-state index in [1.807, 2.05) is 31.2 Å². The van der Waals surface area contributed by atoms with Crippen molar-refractivity contribution in [2.75, 3.05) is 5.32 Å². The van der Waals surface area contributed by atoms with Crippen LogP contribution in [0, 0.1) is 6.92 Å². The number of amides is 1. The highest BCUT2D eigenvalue weighted by Gasteiger charge is 2.34.